The zero-order chi connectivity index (χ0) is 16.2. The van der Waals surface area contributed by atoms with Gasteiger partial charge in [0.1, 0.15) is 5.69 Å². The van der Waals surface area contributed by atoms with Gasteiger partial charge >= 0.3 is 0 Å². The highest BCUT2D eigenvalue weighted by atomic mass is 35.5. The number of hydrogen-bond donors (Lipinski definition) is 2. The summed E-state index contributed by atoms with van der Waals surface area (Å²) < 4.78 is 1.28. The molecule has 0 fully saturated rings. The summed E-state index contributed by atoms with van der Waals surface area (Å²) in [7, 11) is 0. The van der Waals surface area contributed by atoms with Gasteiger partial charge in [-0.3, -0.25) is 9.59 Å². The molecule has 2 rings (SSSR count). The van der Waals surface area contributed by atoms with Crippen molar-refractivity contribution in [2.75, 3.05) is 6.54 Å². The Morgan fingerprint density at radius 3 is 2.48 bits per heavy atom. The normalized spacial score (nSPS) is 10.7. The Morgan fingerprint density at radius 2 is 1.87 bits per heavy atom. The molecule has 0 saturated heterocycles. The van der Waals surface area contributed by atoms with E-state index in [0.29, 0.717) is 13.1 Å². The van der Waals surface area contributed by atoms with Crippen molar-refractivity contribution in [3.63, 3.8) is 0 Å². The second-order valence-electron chi connectivity index (χ2n) is 5.74. The molecule has 0 unspecified atom stereocenters. The van der Waals surface area contributed by atoms with Crippen LogP contribution in [0.15, 0.2) is 47.3 Å². The molecular formula is C16H21ClN4O2. The molecule has 1 heterocycles. The number of nitrogens with two attached hydrogens (primary N) is 1. The third-order valence-electron chi connectivity index (χ3n) is 3.24. The summed E-state index contributed by atoms with van der Waals surface area (Å²) in [5.41, 5.74) is 5.95. The van der Waals surface area contributed by atoms with Crippen LogP contribution in [0.1, 0.15) is 29.9 Å². The number of halogens is 1. The molecular weight excluding hydrogens is 316 g/mol. The largest absolute Gasteiger partial charge is 0.344 e. The van der Waals surface area contributed by atoms with Gasteiger partial charge in [0.25, 0.3) is 11.5 Å². The van der Waals surface area contributed by atoms with Crippen molar-refractivity contribution in [1.29, 1.82) is 0 Å². The van der Waals surface area contributed by atoms with Crippen molar-refractivity contribution < 1.29 is 4.79 Å². The van der Waals surface area contributed by atoms with Crippen molar-refractivity contribution in [3.8, 4) is 0 Å². The summed E-state index contributed by atoms with van der Waals surface area (Å²) >= 11 is 0. The van der Waals surface area contributed by atoms with Crippen LogP contribution in [0.2, 0.25) is 0 Å². The van der Waals surface area contributed by atoms with Gasteiger partial charge in [-0.2, -0.15) is 5.10 Å². The molecule has 3 N–H and O–H groups in total. The second kappa shape index (κ2) is 7.89. The van der Waals surface area contributed by atoms with Gasteiger partial charge in [-0.25, -0.2) is 4.68 Å². The summed E-state index contributed by atoms with van der Waals surface area (Å²) in [4.78, 5) is 24.1. The molecule has 0 bridgehead atoms. The molecule has 7 heteroatoms. The SMILES string of the molecule is CC(C)(CN)NC(=O)c1ccc(=O)n(Cc2ccccc2)n1.Cl. The van der Waals surface area contributed by atoms with Gasteiger partial charge in [0.2, 0.25) is 0 Å². The third-order valence-corrected chi connectivity index (χ3v) is 3.24. The second-order valence-corrected chi connectivity index (χ2v) is 5.74. The number of carbonyl (C=O) groups excluding carboxylic acids is 1. The first kappa shape index (κ1) is 18.9. The monoisotopic (exact) mass is 336 g/mol. The molecule has 1 aromatic heterocycles. The van der Waals surface area contributed by atoms with E-state index in [1.807, 2.05) is 44.2 Å². The Morgan fingerprint density at radius 1 is 1.22 bits per heavy atom. The van der Waals surface area contributed by atoms with E-state index in [4.69, 9.17) is 5.73 Å². The molecule has 0 spiro atoms. The van der Waals surface area contributed by atoms with E-state index < -0.39 is 5.54 Å². The number of carbonyl (C=O) groups is 1. The Hall–Kier alpha value is -2.18. The topological polar surface area (TPSA) is 90.0 Å². The Bertz CT molecular complexity index is 714. The summed E-state index contributed by atoms with van der Waals surface area (Å²) in [5.74, 6) is -0.350. The zero-order valence-electron chi connectivity index (χ0n) is 13.2. The molecule has 0 aliphatic heterocycles. The maximum Gasteiger partial charge on any atom is 0.272 e. The summed E-state index contributed by atoms with van der Waals surface area (Å²) in [5, 5.41) is 6.93. The number of amides is 1. The lowest BCUT2D eigenvalue weighted by Gasteiger charge is -2.23. The van der Waals surface area contributed by atoms with Gasteiger partial charge in [-0.1, -0.05) is 30.3 Å². The summed E-state index contributed by atoms with van der Waals surface area (Å²) in [6.45, 7) is 4.28. The molecule has 124 valence electrons. The quantitative estimate of drug-likeness (QED) is 0.858. The average Bonchev–Trinajstić information content (AvgIpc) is 2.50. The van der Waals surface area contributed by atoms with Crippen molar-refractivity contribution >= 4 is 18.3 Å². The van der Waals surface area contributed by atoms with Crippen LogP contribution < -0.4 is 16.6 Å². The third kappa shape index (κ3) is 5.19. The zero-order valence-corrected chi connectivity index (χ0v) is 14.0. The maximum absolute atomic E-state index is 12.2. The highest BCUT2D eigenvalue weighted by molar-refractivity contribution is 5.92. The summed E-state index contributed by atoms with van der Waals surface area (Å²) in [6, 6.07) is 12.3. The van der Waals surface area contributed by atoms with Crippen LogP contribution in [-0.4, -0.2) is 27.8 Å². The van der Waals surface area contributed by atoms with E-state index in [1.165, 1.54) is 16.8 Å². The number of nitrogens with zero attached hydrogens (tertiary/aromatic N) is 2. The lowest BCUT2D eigenvalue weighted by molar-refractivity contribution is 0.0908. The lowest BCUT2D eigenvalue weighted by atomic mass is 10.1. The highest BCUT2D eigenvalue weighted by Gasteiger charge is 2.20. The van der Waals surface area contributed by atoms with Gasteiger partial charge in [0.05, 0.1) is 6.54 Å². The predicted molar refractivity (Wildman–Crippen MR) is 91.9 cm³/mol. The molecule has 0 saturated carbocycles. The predicted octanol–water partition coefficient (Wildman–Crippen LogP) is 1.18. The Kier molecular flexibility index (Phi) is 6.48. The van der Waals surface area contributed by atoms with E-state index in [0.717, 1.165) is 5.56 Å². The smallest absolute Gasteiger partial charge is 0.272 e. The first-order valence-corrected chi connectivity index (χ1v) is 7.06. The van der Waals surface area contributed by atoms with Crippen LogP contribution >= 0.6 is 12.4 Å². The van der Waals surface area contributed by atoms with Crippen LogP contribution in [0.25, 0.3) is 0 Å². The van der Waals surface area contributed by atoms with Crippen molar-refractivity contribution in [3.05, 3.63) is 64.1 Å². The van der Waals surface area contributed by atoms with Crippen molar-refractivity contribution in [2.24, 2.45) is 5.73 Å². The molecule has 1 amide bonds. The van der Waals surface area contributed by atoms with Crippen LogP contribution in [0.4, 0.5) is 0 Å². The van der Waals surface area contributed by atoms with Crippen molar-refractivity contribution in [1.82, 2.24) is 15.1 Å². The van der Waals surface area contributed by atoms with Crippen LogP contribution in [0.5, 0.6) is 0 Å². The fourth-order valence-electron chi connectivity index (χ4n) is 1.86. The van der Waals surface area contributed by atoms with Crippen LogP contribution in [0, 0.1) is 0 Å². The molecule has 0 aliphatic rings. The molecule has 23 heavy (non-hydrogen) atoms. The van der Waals surface area contributed by atoms with Gasteiger partial charge in [-0.15, -0.1) is 12.4 Å². The van der Waals surface area contributed by atoms with E-state index in [2.05, 4.69) is 10.4 Å². The van der Waals surface area contributed by atoms with Gasteiger partial charge in [-0.05, 0) is 25.5 Å². The molecule has 0 radical (unpaired) electrons. The van der Waals surface area contributed by atoms with Gasteiger partial charge in [0, 0.05) is 18.2 Å². The molecule has 6 nitrogen and oxygen atoms in total. The summed E-state index contributed by atoms with van der Waals surface area (Å²) in [6.07, 6.45) is 0. The van der Waals surface area contributed by atoms with Crippen LogP contribution in [0.3, 0.4) is 0 Å². The maximum atomic E-state index is 12.2. The minimum absolute atomic E-state index is 0. The van der Waals surface area contributed by atoms with E-state index in [9.17, 15) is 9.59 Å². The minimum Gasteiger partial charge on any atom is -0.344 e. The Labute approximate surface area is 141 Å². The molecule has 1 aromatic carbocycles. The van der Waals surface area contributed by atoms with Gasteiger partial charge < -0.3 is 11.1 Å². The minimum atomic E-state index is -0.529. The molecule has 2 aromatic rings. The van der Waals surface area contributed by atoms with Crippen LogP contribution in [-0.2, 0) is 6.54 Å². The first-order valence-electron chi connectivity index (χ1n) is 7.06. The van der Waals surface area contributed by atoms with Crippen molar-refractivity contribution in [2.45, 2.75) is 25.9 Å². The molecule has 0 atom stereocenters. The number of benzene rings is 1. The number of rotatable bonds is 5. The fraction of sp³-hybridized carbons (Fsp3) is 0.312. The number of hydrogen-bond acceptors (Lipinski definition) is 4. The van der Waals surface area contributed by atoms with E-state index in [1.54, 1.807) is 0 Å². The standard InChI is InChI=1S/C16H20N4O2.ClH/c1-16(2,11-17)18-15(22)13-8-9-14(21)20(19-13)10-12-6-4-3-5-7-12;/h3-9H,10-11,17H2,1-2H3,(H,18,22);1H. The van der Waals surface area contributed by atoms with E-state index >= 15 is 0 Å². The first-order chi connectivity index (χ1) is 10.4. The number of aromatic nitrogens is 2. The highest BCUT2D eigenvalue weighted by Crippen LogP contribution is 2.03. The average molecular weight is 337 g/mol. The molecule has 0 aliphatic carbocycles. The van der Waals surface area contributed by atoms with E-state index in [-0.39, 0.29) is 29.6 Å². The fourth-order valence-corrected chi connectivity index (χ4v) is 1.86. The lowest BCUT2D eigenvalue weighted by Crippen LogP contribution is -2.49. The Balaban J connectivity index is 0.00000264. The van der Waals surface area contributed by atoms with Gasteiger partial charge in [0.15, 0.2) is 0 Å². The number of nitrogens with one attached hydrogen (secondary N) is 1.